The van der Waals surface area contributed by atoms with E-state index in [9.17, 15) is 9.59 Å². The molecule has 0 bridgehead atoms. The van der Waals surface area contributed by atoms with Crippen molar-refractivity contribution in [3.8, 4) is 0 Å². The van der Waals surface area contributed by atoms with E-state index in [1.165, 1.54) is 10.4 Å². The Kier molecular flexibility index (Phi) is 6.75. The highest BCUT2D eigenvalue weighted by Gasteiger charge is 2.21. The number of rotatable bonds is 9. The van der Waals surface area contributed by atoms with E-state index in [4.69, 9.17) is 0 Å². The van der Waals surface area contributed by atoms with Gasteiger partial charge < -0.3 is 9.88 Å². The molecule has 0 aromatic carbocycles. The highest BCUT2D eigenvalue weighted by Crippen LogP contribution is 2.34. The number of hydrogen-bond donors (Lipinski definition) is 1. The molecule has 0 spiro atoms. The lowest BCUT2D eigenvalue weighted by atomic mass is 10.2. The van der Waals surface area contributed by atoms with Crippen molar-refractivity contribution < 1.29 is 4.79 Å². The fourth-order valence-electron chi connectivity index (χ4n) is 3.50. The smallest absolute Gasteiger partial charge is 0.259 e. The predicted molar refractivity (Wildman–Crippen MR) is 110 cm³/mol. The molecule has 1 aliphatic carbocycles. The van der Waals surface area contributed by atoms with Gasteiger partial charge in [0.05, 0.1) is 11.1 Å². The zero-order valence-corrected chi connectivity index (χ0v) is 17.2. The van der Waals surface area contributed by atoms with Crippen LogP contribution in [-0.4, -0.2) is 39.6 Å². The number of aryl methyl sites for hydroxylation is 2. The third-order valence-corrected chi connectivity index (χ3v) is 6.82. The number of aromatic nitrogens is 2. The Hall–Kier alpha value is -1.34. The molecule has 0 fully saturated rings. The Morgan fingerprint density at radius 2 is 2.04 bits per heavy atom. The SMILES string of the molecule is CCCN(CCC)C(=O)CCSCc1nc2sc3c(c2c(=O)[nH]1)CCC3. The molecule has 3 rings (SSSR count). The molecular weight excluding hydrogens is 366 g/mol. The van der Waals surface area contributed by atoms with Crippen LogP contribution >= 0.6 is 23.1 Å². The minimum atomic E-state index is -0.00172. The summed E-state index contributed by atoms with van der Waals surface area (Å²) in [5.74, 6) is 2.35. The summed E-state index contributed by atoms with van der Waals surface area (Å²) in [6.07, 6.45) is 5.76. The molecule has 5 nitrogen and oxygen atoms in total. The predicted octanol–water partition coefficient (Wildman–Crippen LogP) is 3.75. The van der Waals surface area contributed by atoms with Gasteiger partial charge in [-0.3, -0.25) is 9.59 Å². The van der Waals surface area contributed by atoms with Crippen LogP contribution in [0, 0.1) is 0 Å². The second-order valence-corrected chi connectivity index (χ2v) is 8.92. The fraction of sp³-hybridized carbons (Fsp3) is 0.632. The summed E-state index contributed by atoms with van der Waals surface area (Å²) in [4.78, 5) is 36.5. The Morgan fingerprint density at radius 3 is 2.77 bits per heavy atom. The first kappa shape index (κ1) is 19.4. The van der Waals surface area contributed by atoms with Gasteiger partial charge in [0.15, 0.2) is 0 Å². The van der Waals surface area contributed by atoms with Crippen LogP contribution in [0.3, 0.4) is 0 Å². The maximum absolute atomic E-state index is 12.4. The fourth-order valence-corrected chi connectivity index (χ4v) is 5.58. The van der Waals surface area contributed by atoms with Crippen LogP contribution in [0.15, 0.2) is 4.79 Å². The molecule has 0 saturated carbocycles. The van der Waals surface area contributed by atoms with Gasteiger partial charge in [-0.25, -0.2) is 4.98 Å². The third kappa shape index (κ3) is 4.31. The van der Waals surface area contributed by atoms with Gasteiger partial charge in [-0.2, -0.15) is 11.8 Å². The molecule has 2 aromatic rings. The van der Waals surface area contributed by atoms with E-state index in [-0.39, 0.29) is 11.5 Å². The summed E-state index contributed by atoms with van der Waals surface area (Å²) in [5.41, 5.74) is 1.22. The van der Waals surface area contributed by atoms with Gasteiger partial charge in [-0.15, -0.1) is 11.3 Å². The van der Waals surface area contributed by atoms with Gasteiger partial charge in [0.2, 0.25) is 5.91 Å². The second-order valence-electron chi connectivity index (χ2n) is 6.73. The van der Waals surface area contributed by atoms with Crippen molar-refractivity contribution in [1.82, 2.24) is 14.9 Å². The monoisotopic (exact) mass is 393 g/mol. The lowest BCUT2D eigenvalue weighted by Gasteiger charge is -2.21. The first-order chi connectivity index (χ1) is 12.6. The lowest BCUT2D eigenvalue weighted by molar-refractivity contribution is -0.130. The standard InChI is InChI=1S/C19H27N3O2S2/c1-3-9-22(10-4-2)16(23)8-11-25-12-15-20-18(24)17-13-6-5-7-14(13)26-19(17)21-15/h3-12H2,1-2H3,(H,20,21,24). The van der Waals surface area contributed by atoms with E-state index in [0.717, 1.165) is 67.0 Å². The number of thiophene rings is 1. The molecule has 7 heteroatoms. The first-order valence-corrected chi connectivity index (χ1v) is 11.5. The highest BCUT2D eigenvalue weighted by atomic mass is 32.2. The Morgan fingerprint density at radius 1 is 1.27 bits per heavy atom. The average molecular weight is 394 g/mol. The number of H-pyrrole nitrogens is 1. The molecule has 1 amide bonds. The molecular formula is C19H27N3O2S2. The van der Waals surface area contributed by atoms with E-state index in [0.29, 0.717) is 12.2 Å². The summed E-state index contributed by atoms with van der Waals surface area (Å²) in [7, 11) is 0. The number of hydrogen-bond acceptors (Lipinski definition) is 5. The maximum Gasteiger partial charge on any atom is 0.259 e. The van der Waals surface area contributed by atoms with Crippen LogP contribution in [-0.2, 0) is 23.4 Å². The minimum Gasteiger partial charge on any atom is -0.343 e. The number of aromatic amines is 1. The zero-order chi connectivity index (χ0) is 18.5. The van der Waals surface area contributed by atoms with Gasteiger partial charge >= 0.3 is 0 Å². The van der Waals surface area contributed by atoms with Crippen LogP contribution in [0.1, 0.15) is 55.8 Å². The van der Waals surface area contributed by atoms with Gasteiger partial charge in [-0.1, -0.05) is 13.8 Å². The number of amides is 1. The molecule has 26 heavy (non-hydrogen) atoms. The number of nitrogens with zero attached hydrogens (tertiary/aromatic N) is 2. The van der Waals surface area contributed by atoms with Gasteiger partial charge in [-0.05, 0) is 37.7 Å². The summed E-state index contributed by atoms with van der Waals surface area (Å²) in [6, 6.07) is 0. The van der Waals surface area contributed by atoms with Crippen molar-refractivity contribution in [3.05, 3.63) is 26.6 Å². The molecule has 0 unspecified atom stereocenters. The van der Waals surface area contributed by atoms with Crippen molar-refractivity contribution in [2.75, 3.05) is 18.8 Å². The van der Waals surface area contributed by atoms with Crippen LogP contribution < -0.4 is 5.56 Å². The van der Waals surface area contributed by atoms with E-state index in [2.05, 4.69) is 23.8 Å². The highest BCUT2D eigenvalue weighted by molar-refractivity contribution is 7.98. The summed E-state index contributed by atoms with van der Waals surface area (Å²) in [6.45, 7) is 5.88. The number of nitrogens with one attached hydrogen (secondary N) is 1. The first-order valence-electron chi connectivity index (χ1n) is 9.53. The van der Waals surface area contributed by atoms with Crippen molar-refractivity contribution in [3.63, 3.8) is 0 Å². The van der Waals surface area contributed by atoms with Gasteiger partial charge in [0, 0.05) is 30.1 Å². The summed E-state index contributed by atoms with van der Waals surface area (Å²) in [5, 5.41) is 0.807. The van der Waals surface area contributed by atoms with Crippen molar-refractivity contribution in [1.29, 1.82) is 0 Å². The summed E-state index contributed by atoms with van der Waals surface area (Å²) >= 11 is 3.33. The molecule has 0 aliphatic heterocycles. The molecule has 0 atom stereocenters. The van der Waals surface area contributed by atoms with Crippen LogP contribution in [0.5, 0.6) is 0 Å². The molecule has 2 aromatic heterocycles. The van der Waals surface area contributed by atoms with Crippen molar-refractivity contribution in [2.24, 2.45) is 0 Å². The van der Waals surface area contributed by atoms with Gasteiger partial charge in [0.25, 0.3) is 5.56 Å². The number of fused-ring (bicyclic) bond motifs is 3. The van der Waals surface area contributed by atoms with Crippen LogP contribution in [0.4, 0.5) is 0 Å². The summed E-state index contributed by atoms with van der Waals surface area (Å²) < 4.78 is 0. The number of carbonyl (C=O) groups excluding carboxylic acids is 1. The van der Waals surface area contributed by atoms with E-state index in [1.807, 2.05) is 4.90 Å². The third-order valence-electron chi connectivity index (χ3n) is 4.66. The molecule has 2 heterocycles. The number of carbonyl (C=O) groups is 1. The largest absolute Gasteiger partial charge is 0.343 e. The van der Waals surface area contributed by atoms with Crippen molar-refractivity contribution >= 4 is 39.2 Å². The van der Waals surface area contributed by atoms with Crippen molar-refractivity contribution in [2.45, 2.75) is 58.1 Å². The average Bonchev–Trinajstić information content (AvgIpc) is 3.19. The minimum absolute atomic E-state index is 0.00172. The Balaban J connectivity index is 1.55. The van der Waals surface area contributed by atoms with Crippen LogP contribution in [0.25, 0.3) is 10.2 Å². The quantitative estimate of drug-likeness (QED) is 0.659. The zero-order valence-electron chi connectivity index (χ0n) is 15.6. The number of thioether (sulfide) groups is 1. The molecule has 1 N–H and O–H groups in total. The van der Waals surface area contributed by atoms with E-state index >= 15 is 0 Å². The van der Waals surface area contributed by atoms with E-state index < -0.39 is 0 Å². The second kappa shape index (κ2) is 9.04. The van der Waals surface area contributed by atoms with E-state index in [1.54, 1.807) is 23.1 Å². The van der Waals surface area contributed by atoms with Gasteiger partial charge in [0.1, 0.15) is 10.7 Å². The molecule has 0 radical (unpaired) electrons. The molecule has 0 saturated heterocycles. The molecule has 142 valence electrons. The van der Waals surface area contributed by atoms with Crippen LogP contribution in [0.2, 0.25) is 0 Å². The normalized spacial score (nSPS) is 13.3. The molecule has 1 aliphatic rings. The maximum atomic E-state index is 12.4. The lowest BCUT2D eigenvalue weighted by Crippen LogP contribution is -2.32. The Labute approximate surface area is 162 Å². The topological polar surface area (TPSA) is 66.1 Å². The Bertz CT molecular complexity index is 822.